The zero-order valence-corrected chi connectivity index (χ0v) is 11.8. The van der Waals surface area contributed by atoms with Gasteiger partial charge in [-0.05, 0) is 17.7 Å². The first-order valence-electron chi connectivity index (χ1n) is 7.06. The maximum absolute atomic E-state index is 12.6. The second-order valence-electron chi connectivity index (χ2n) is 5.21. The summed E-state index contributed by atoms with van der Waals surface area (Å²) in [7, 11) is 0. The lowest BCUT2D eigenvalue weighted by Gasteiger charge is -2.51. The van der Waals surface area contributed by atoms with Gasteiger partial charge in [0.25, 0.3) is 5.91 Å². The minimum atomic E-state index is -0.577. The Bertz CT molecular complexity index is 697. The molecule has 0 radical (unpaired) electrons. The lowest BCUT2D eigenvalue weighted by atomic mass is 9.75. The number of aliphatic hydroxyl groups excluding tert-OH is 1. The monoisotopic (exact) mass is 293 g/mol. The smallest absolute Gasteiger partial charge is 0.256 e. The van der Waals surface area contributed by atoms with Crippen molar-refractivity contribution in [3.05, 3.63) is 66.0 Å². The molecule has 1 amide bonds. The molecule has 1 aliphatic heterocycles. The number of carbonyl (C=O) groups is 1. The number of nitriles is 1. The lowest BCUT2D eigenvalue weighted by molar-refractivity contribution is -0.00588. The molecule has 5 nitrogen and oxygen atoms in total. The van der Waals surface area contributed by atoms with E-state index in [0.717, 1.165) is 5.56 Å². The van der Waals surface area contributed by atoms with Crippen LogP contribution in [0.1, 0.15) is 21.8 Å². The third kappa shape index (κ3) is 2.24. The first-order chi connectivity index (χ1) is 10.8. The van der Waals surface area contributed by atoms with Gasteiger partial charge in [0.1, 0.15) is 6.04 Å². The largest absolute Gasteiger partial charge is 0.394 e. The van der Waals surface area contributed by atoms with Crippen molar-refractivity contribution >= 4 is 5.91 Å². The molecule has 0 unspecified atom stereocenters. The molecular weight excluding hydrogens is 278 g/mol. The highest BCUT2D eigenvalue weighted by atomic mass is 16.3. The maximum atomic E-state index is 12.6. The molecule has 1 aliphatic rings. The highest BCUT2D eigenvalue weighted by Gasteiger charge is 2.51. The molecule has 0 bridgehead atoms. The molecule has 110 valence electrons. The summed E-state index contributed by atoms with van der Waals surface area (Å²) in [6.07, 6.45) is 3.06. The molecule has 1 aromatic carbocycles. The molecule has 1 saturated heterocycles. The van der Waals surface area contributed by atoms with Crippen LogP contribution in [0.5, 0.6) is 0 Å². The van der Waals surface area contributed by atoms with Crippen molar-refractivity contribution in [2.75, 3.05) is 6.61 Å². The minimum absolute atomic E-state index is 0.170. The van der Waals surface area contributed by atoms with Crippen LogP contribution in [0.25, 0.3) is 0 Å². The van der Waals surface area contributed by atoms with Gasteiger partial charge in [-0.2, -0.15) is 5.26 Å². The van der Waals surface area contributed by atoms with Gasteiger partial charge in [-0.25, -0.2) is 0 Å². The quantitative estimate of drug-likeness (QED) is 0.932. The van der Waals surface area contributed by atoms with E-state index < -0.39 is 6.04 Å². The Morgan fingerprint density at radius 3 is 2.64 bits per heavy atom. The summed E-state index contributed by atoms with van der Waals surface area (Å²) in [5.41, 5.74) is 1.39. The van der Waals surface area contributed by atoms with Crippen LogP contribution < -0.4 is 0 Å². The van der Waals surface area contributed by atoms with Crippen LogP contribution in [0.4, 0.5) is 0 Å². The Hall–Kier alpha value is -2.71. The van der Waals surface area contributed by atoms with Gasteiger partial charge in [-0.15, -0.1) is 0 Å². The van der Waals surface area contributed by atoms with Crippen LogP contribution in [0.2, 0.25) is 0 Å². The van der Waals surface area contributed by atoms with Crippen molar-refractivity contribution in [3.63, 3.8) is 0 Å². The Morgan fingerprint density at radius 1 is 1.27 bits per heavy atom. The van der Waals surface area contributed by atoms with Crippen LogP contribution >= 0.6 is 0 Å². The SMILES string of the molecule is N#C[C@@H]1[C@@H](c2ccccc2)[C@H](CO)N1C(=O)c1cccnc1. The summed E-state index contributed by atoms with van der Waals surface area (Å²) in [4.78, 5) is 18.0. The molecule has 0 saturated carbocycles. The number of benzene rings is 1. The van der Waals surface area contributed by atoms with E-state index in [0.29, 0.717) is 5.56 Å². The number of nitrogens with zero attached hydrogens (tertiary/aromatic N) is 3. The van der Waals surface area contributed by atoms with E-state index in [2.05, 4.69) is 11.1 Å². The normalized spacial score (nSPS) is 23.5. The molecule has 1 aromatic heterocycles. The van der Waals surface area contributed by atoms with Crippen molar-refractivity contribution in [2.45, 2.75) is 18.0 Å². The van der Waals surface area contributed by atoms with Crippen LogP contribution in [-0.4, -0.2) is 39.6 Å². The molecule has 2 aromatic rings. The van der Waals surface area contributed by atoms with Crippen LogP contribution in [0.15, 0.2) is 54.9 Å². The van der Waals surface area contributed by atoms with Crippen LogP contribution in [-0.2, 0) is 0 Å². The summed E-state index contributed by atoms with van der Waals surface area (Å²) in [5, 5.41) is 19.1. The number of hydrogen-bond acceptors (Lipinski definition) is 4. The maximum Gasteiger partial charge on any atom is 0.256 e. The second-order valence-corrected chi connectivity index (χ2v) is 5.21. The summed E-state index contributed by atoms with van der Waals surface area (Å²) < 4.78 is 0. The fourth-order valence-corrected chi connectivity index (χ4v) is 3.00. The van der Waals surface area contributed by atoms with Gasteiger partial charge in [0.15, 0.2) is 0 Å². The van der Waals surface area contributed by atoms with Crippen molar-refractivity contribution in [3.8, 4) is 6.07 Å². The van der Waals surface area contributed by atoms with E-state index in [1.165, 1.54) is 11.1 Å². The molecule has 5 heteroatoms. The molecule has 2 heterocycles. The number of rotatable bonds is 3. The van der Waals surface area contributed by atoms with E-state index in [-0.39, 0.29) is 24.5 Å². The summed E-state index contributed by atoms with van der Waals surface area (Å²) in [6, 6.07) is 14.1. The summed E-state index contributed by atoms with van der Waals surface area (Å²) >= 11 is 0. The van der Waals surface area contributed by atoms with Gasteiger partial charge in [-0.3, -0.25) is 9.78 Å². The molecular formula is C17H15N3O2. The van der Waals surface area contributed by atoms with Gasteiger partial charge in [0.05, 0.1) is 24.3 Å². The third-order valence-corrected chi connectivity index (χ3v) is 4.06. The number of hydrogen-bond donors (Lipinski definition) is 1. The lowest BCUT2D eigenvalue weighted by Crippen LogP contribution is -2.65. The molecule has 22 heavy (non-hydrogen) atoms. The fraction of sp³-hybridized carbons (Fsp3) is 0.235. The number of aliphatic hydroxyl groups is 1. The average molecular weight is 293 g/mol. The topological polar surface area (TPSA) is 77.2 Å². The zero-order chi connectivity index (χ0) is 15.5. The molecule has 0 spiro atoms. The standard InChI is InChI=1S/C17H15N3O2/c18-9-14-16(12-5-2-1-3-6-12)15(11-21)20(14)17(22)13-7-4-8-19-10-13/h1-8,10,14-16,21H,11H2/t14-,15+,16-/m1/s1. The fourth-order valence-electron chi connectivity index (χ4n) is 3.00. The van der Waals surface area contributed by atoms with Gasteiger partial charge >= 0.3 is 0 Å². The minimum Gasteiger partial charge on any atom is -0.394 e. The molecule has 1 fully saturated rings. The number of carbonyl (C=O) groups excluding carboxylic acids is 1. The van der Waals surface area contributed by atoms with Crippen LogP contribution in [0.3, 0.4) is 0 Å². The number of amides is 1. The average Bonchev–Trinajstić information content (AvgIpc) is 2.56. The van der Waals surface area contributed by atoms with Crippen molar-refractivity contribution in [2.24, 2.45) is 0 Å². The third-order valence-electron chi connectivity index (χ3n) is 4.06. The summed E-state index contributed by atoms with van der Waals surface area (Å²) in [6.45, 7) is -0.177. The molecule has 3 atom stereocenters. The number of likely N-dealkylation sites (tertiary alicyclic amines) is 1. The molecule has 0 aliphatic carbocycles. The van der Waals surface area contributed by atoms with E-state index in [1.54, 1.807) is 18.3 Å². The molecule has 3 rings (SSSR count). The van der Waals surface area contributed by atoms with Gasteiger partial charge in [0.2, 0.25) is 0 Å². The van der Waals surface area contributed by atoms with E-state index in [9.17, 15) is 15.2 Å². The molecule has 1 N–H and O–H groups in total. The zero-order valence-electron chi connectivity index (χ0n) is 11.8. The Labute approximate surface area is 128 Å². The highest BCUT2D eigenvalue weighted by Crippen LogP contribution is 2.41. The van der Waals surface area contributed by atoms with Crippen molar-refractivity contribution in [1.82, 2.24) is 9.88 Å². The van der Waals surface area contributed by atoms with E-state index in [1.807, 2.05) is 30.3 Å². The van der Waals surface area contributed by atoms with Crippen LogP contribution in [0, 0.1) is 11.3 Å². The Kier molecular flexibility index (Phi) is 3.86. The highest BCUT2D eigenvalue weighted by molar-refractivity contribution is 5.95. The van der Waals surface area contributed by atoms with Gasteiger partial charge < -0.3 is 10.0 Å². The van der Waals surface area contributed by atoms with E-state index >= 15 is 0 Å². The Morgan fingerprint density at radius 2 is 2.05 bits per heavy atom. The summed E-state index contributed by atoms with van der Waals surface area (Å²) in [5.74, 6) is -0.442. The van der Waals surface area contributed by atoms with Crippen molar-refractivity contribution < 1.29 is 9.90 Å². The van der Waals surface area contributed by atoms with Gasteiger partial charge in [-0.1, -0.05) is 30.3 Å². The first-order valence-corrected chi connectivity index (χ1v) is 7.06. The number of pyridine rings is 1. The van der Waals surface area contributed by atoms with Gasteiger partial charge in [0, 0.05) is 18.3 Å². The predicted octanol–water partition coefficient (Wildman–Crippen LogP) is 1.57. The number of aromatic nitrogens is 1. The Balaban J connectivity index is 1.90. The van der Waals surface area contributed by atoms with Crippen molar-refractivity contribution in [1.29, 1.82) is 5.26 Å². The predicted molar refractivity (Wildman–Crippen MR) is 79.9 cm³/mol. The second kappa shape index (κ2) is 5.96. The first kappa shape index (κ1) is 14.2. The van der Waals surface area contributed by atoms with E-state index in [4.69, 9.17) is 0 Å².